The highest BCUT2D eigenvalue weighted by molar-refractivity contribution is 9.10. The number of allylic oxidation sites excluding steroid dienone is 1. The molecule has 0 bridgehead atoms. The van der Waals surface area contributed by atoms with Crippen LogP contribution >= 0.6 is 27.5 Å². The summed E-state index contributed by atoms with van der Waals surface area (Å²) in [4.78, 5) is 0. The molecule has 3 aromatic rings. The van der Waals surface area contributed by atoms with Crippen LogP contribution in [0.1, 0.15) is 22.3 Å². The standard InChI is InChI=1S/C24H19BrClNO2/c1-16-3-5-17(6-4-16)15-29-24-13-22(25)19(12-23(24)28-2)11-20(14-27)18-7-9-21(26)10-8-18/h3-13H,15H2,1-2H3/b20-11+. The number of aryl methyl sites for hydroxylation is 1. The number of rotatable bonds is 6. The summed E-state index contributed by atoms with van der Waals surface area (Å²) in [7, 11) is 1.60. The van der Waals surface area contributed by atoms with Crippen molar-refractivity contribution in [2.45, 2.75) is 13.5 Å². The third kappa shape index (κ3) is 5.41. The molecule has 5 heteroatoms. The Kier molecular flexibility index (Phi) is 6.98. The lowest BCUT2D eigenvalue weighted by Crippen LogP contribution is -1.98. The van der Waals surface area contributed by atoms with Crippen LogP contribution < -0.4 is 9.47 Å². The van der Waals surface area contributed by atoms with Gasteiger partial charge in [0.2, 0.25) is 0 Å². The van der Waals surface area contributed by atoms with Gasteiger partial charge in [0.05, 0.1) is 18.8 Å². The second-order valence-electron chi connectivity index (χ2n) is 6.48. The Balaban J connectivity index is 1.88. The van der Waals surface area contributed by atoms with Gasteiger partial charge in [-0.1, -0.05) is 69.5 Å². The molecule has 0 N–H and O–H groups in total. The highest BCUT2D eigenvalue weighted by atomic mass is 79.9. The van der Waals surface area contributed by atoms with Crippen molar-refractivity contribution in [2.75, 3.05) is 7.11 Å². The monoisotopic (exact) mass is 467 g/mol. The van der Waals surface area contributed by atoms with Crippen LogP contribution in [0.2, 0.25) is 5.02 Å². The maximum Gasteiger partial charge on any atom is 0.162 e. The average Bonchev–Trinajstić information content (AvgIpc) is 2.73. The third-order valence-electron chi connectivity index (χ3n) is 4.37. The van der Waals surface area contributed by atoms with E-state index in [4.69, 9.17) is 21.1 Å². The van der Waals surface area contributed by atoms with E-state index in [2.05, 4.69) is 41.1 Å². The minimum absolute atomic E-state index is 0.437. The van der Waals surface area contributed by atoms with E-state index in [1.807, 2.05) is 36.4 Å². The van der Waals surface area contributed by atoms with E-state index >= 15 is 0 Å². The molecular weight excluding hydrogens is 450 g/mol. The summed E-state index contributed by atoms with van der Waals surface area (Å²) in [6.07, 6.45) is 1.81. The zero-order valence-electron chi connectivity index (χ0n) is 16.1. The average molecular weight is 469 g/mol. The number of benzene rings is 3. The first kappa shape index (κ1) is 21.0. The Morgan fingerprint density at radius 2 is 1.76 bits per heavy atom. The zero-order valence-corrected chi connectivity index (χ0v) is 18.4. The summed E-state index contributed by atoms with van der Waals surface area (Å²) in [5.41, 5.74) is 4.42. The Hall–Kier alpha value is -2.74. The fourth-order valence-electron chi connectivity index (χ4n) is 2.74. The van der Waals surface area contributed by atoms with Crippen LogP contribution in [0.5, 0.6) is 11.5 Å². The van der Waals surface area contributed by atoms with Gasteiger partial charge in [-0.25, -0.2) is 0 Å². The molecule has 0 amide bonds. The van der Waals surface area contributed by atoms with E-state index in [1.54, 1.807) is 25.3 Å². The number of nitrogens with zero attached hydrogens (tertiary/aromatic N) is 1. The van der Waals surface area contributed by atoms with Crippen molar-refractivity contribution in [3.8, 4) is 17.6 Å². The fourth-order valence-corrected chi connectivity index (χ4v) is 3.31. The summed E-state index contributed by atoms with van der Waals surface area (Å²) < 4.78 is 12.3. The first-order valence-electron chi connectivity index (χ1n) is 8.94. The molecule has 0 saturated heterocycles. The lowest BCUT2D eigenvalue weighted by molar-refractivity contribution is 0.284. The number of halogens is 2. The summed E-state index contributed by atoms with van der Waals surface area (Å²) >= 11 is 9.52. The van der Waals surface area contributed by atoms with Crippen molar-refractivity contribution < 1.29 is 9.47 Å². The lowest BCUT2D eigenvalue weighted by Gasteiger charge is -2.13. The van der Waals surface area contributed by atoms with Crippen LogP contribution in [0.4, 0.5) is 0 Å². The molecule has 29 heavy (non-hydrogen) atoms. The van der Waals surface area contributed by atoms with Gasteiger partial charge < -0.3 is 9.47 Å². The molecule has 0 spiro atoms. The van der Waals surface area contributed by atoms with Gasteiger partial charge in [0.15, 0.2) is 11.5 Å². The zero-order chi connectivity index (χ0) is 20.8. The molecule has 0 radical (unpaired) electrons. The maximum absolute atomic E-state index is 9.59. The SMILES string of the molecule is COc1cc(/C=C(\C#N)c2ccc(Cl)cc2)c(Br)cc1OCc1ccc(C)cc1. The quantitative estimate of drug-likeness (QED) is 0.287. The number of methoxy groups -OCH3 is 1. The van der Waals surface area contributed by atoms with E-state index in [9.17, 15) is 5.26 Å². The van der Waals surface area contributed by atoms with Crippen molar-refractivity contribution in [2.24, 2.45) is 0 Å². The third-order valence-corrected chi connectivity index (χ3v) is 5.31. The van der Waals surface area contributed by atoms with Gasteiger partial charge in [0.1, 0.15) is 6.61 Å². The van der Waals surface area contributed by atoms with Crippen molar-refractivity contribution in [1.29, 1.82) is 5.26 Å². The first-order chi connectivity index (χ1) is 14.0. The summed E-state index contributed by atoms with van der Waals surface area (Å²) in [5.74, 6) is 1.22. The topological polar surface area (TPSA) is 42.2 Å². The molecule has 3 nitrogen and oxygen atoms in total. The molecule has 0 atom stereocenters. The predicted octanol–water partition coefficient (Wildman–Crippen LogP) is 7.06. The van der Waals surface area contributed by atoms with Crippen LogP contribution in [0.3, 0.4) is 0 Å². The van der Waals surface area contributed by atoms with Crippen LogP contribution in [-0.2, 0) is 6.61 Å². The highest BCUT2D eigenvalue weighted by Gasteiger charge is 2.11. The van der Waals surface area contributed by atoms with E-state index in [0.717, 1.165) is 21.2 Å². The van der Waals surface area contributed by atoms with Gasteiger partial charge in [-0.15, -0.1) is 0 Å². The van der Waals surface area contributed by atoms with Crippen molar-refractivity contribution in [1.82, 2.24) is 0 Å². The Morgan fingerprint density at radius 3 is 2.38 bits per heavy atom. The molecule has 3 aromatic carbocycles. The van der Waals surface area contributed by atoms with Gasteiger partial charge in [0, 0.05) is 9.50 Å². The van der Waals surface area contributed by atoms with Gasteiger partial charge in [0.25, 0.3) is 0 Å². The van der Waals surface area contributed by atoms with E-state index in [0.29, 0.717) is 28.7 Å². The number of hydrogen-bond donors (Lipinski definition) is 0. The second-order valence-corrected chi connectivity index (χ2v) is 7.77. The van der Waals surface area contributed by atoms with Gasteiger partial charge >= 0.3 is 0 Å². The molecule has 0 aliphatic carbocycles. The van der Waals surface area contributed by atoms with Crippen LogP contribution in [0.25, 0.3) is 11.6 Å². The van der Waals surface area contributed by atoms with Crippen molar-refractivity contribution >= 4 is 39.2 Å². The molecule has 0 fully saturated rings. The molecule has 0 saturated carbocycles. The maximum atomic E-state index is 9.59. The second kappa shape index (κ2) is 9.65. The van der Waals surface area contributed by atoms with E-state index in [1.165, 1.54) is 5.56 Å². The Labute approximate surface area is 184 Å². The number of ether oxygens (including phenoxy) is 2. The number of nitriles is 1. The van der Waals surface area contributed by atoms with Crippen LogP contribution in [0.15, 0.2) is 65.1 Å². The molecule has 0 aliphatic rings. The van der Waals surface area contributed by atoms with Crippen molar-refractivity contribution in [3.05, 3.63) is 92.4 Å². The van der Waals surface area contributed by atoms with Crippen LogP contribution in [0, 0.1) is 18.3 Å². The minimum Gasteiger partial charge on any atom is -0.493 e. The summed E-state index contributed by atoms with van der Waals surface area (Å²) in [6.45, 7) is 2.49. The fraction of sp³-hybridized carbons (Fsp3) is 0.125. The Bertz CT molecular complexity index is 1070. The van der Waals surface area contributed by atoms with Gasteiger partial charge in [-0.2, -0.15) is 5.26 Å². The molecule has 146 valence electrons. The molecule has 3 rings (SSSR count). The summed E-state index contributed by atoms with van der Waals surface area (Å²) in [5, 5.41) is 10.2. The smallest absolute Gasteiger partial charge is 0.162 e. The van der Waals surface area contributed by atoms with Gasteiger partial charge in [-0.05, 0) is 54.0 Å². The predicted molar refractivity (Wildman–Crippen MR) is 121 cm³/mol. The van der Waals surface area contributed by atoms with E-state index < -0.39 is 0 Å². The summed E-state index contributed by atoms with van der Waals surface area (Å²) in [6, 6.07) is 21.3. The lowest BCUT2D eigenvalue weighted by atomic mass is 10.0. The minimum atomic E-state index is 0.437. The van der Waals surface area contributed by atoms with Gasteiger partial charge in [-0.3, -0.25) is 0 Å². The molecule has 0 heterocycles. The van der Waals surface area contributed by atoms with E-state index in [-0.39, 0.29) is 0 Å². The number of hydrogen-bond acceptors (Lipinski definition) is 3. The highest BCUT2D eigenvalue weighted by Crippen LogP contribution is 2.36. The molecular formula is C24H19BrClNO2. The normalized spacial score (nSPS) is 11.1. The van der Waals surface area contributed by atoms with Crippen LogP contribution in [-0.4, -0.2) is 7.11 Å². The molecule has 0 unspecified atom stereocenters. The molecule has 0 aliphatic heterocycles. The van der Waals surface area contributed by atoms with Crippen molar-refractivity contribution in [3.63, 3.8) is 0 Å². The first-order valence-corrected chi connectivity index (χ1v) is 10.1. The largest absolute Gasteiger partial charge is 0.493 e. The Morgan fingerprint density at radius 1 is 1.07 bits per heavy atom. The molecule has 0 aromatic heterocycles.